The van der Waals surface area contributed by atoms with Crippen molar-refractivity contribution in [1.29, 1.82) is 0 Å². The Morgan fingerprint density at radius 2 is 2.06 bits per heavy atom. The molecule has 0 unspecified atom stereocenters. The number of rotatable bonds is 2. The molecule has 2 aromatic heterocycles. The van der Waals surface area contributed by atoms with Gasteiger partial charge in [0.05, 0.1) is 5.56 Å². The molecule has 96 valence electrons. The van der Waals surface area contributed by atoms with Gasteiger partial charge in [0.2, 0.25) is 0 Å². The number of aromatic nitrogens is 4. The van der Waals surface area contributed by atoms with E-state index in [0.717, 1.165) is 23.9 Å². The maximum absolute atomic E-state index is 12.6. The lowest BCUT2D eigenvalue weighted by Crippen LogP contribution is -2.05. The van der Waals surface area contributed by atoms with Crippen LogP contribution in [-0.2, 0) is 13.2 Å². The fourth-order valence-corrected chi connectivity index (χ4v) is 2.20. The van der Waals surface area contributed by atoms with Gasteiger partial charge >= 0.3 is 6.18 Å². The van der Waals surface area contributed by atoms with Gasteiger partial charge < -0.3 is 4.57 Å². The highest BCUT2D eigenvalue weighted by molar-refractivity contribution is 7.99. The molecule has 0 bridgehead atoms. The number of aryl methyl sites for hydroxylation is 1. The fraction of sp³-hybridized carbons (Fsp3) is 0.222. The molecule has 0 atom stereocenters. The summed E-state index contributed by atoms with van der Waals surface area (Å²) in [7, 11) is 1.68. The molecule has 0 spiro atoms. The van der Waals surface area contributed by atoms with Crippen LogP contribution in [0.2, 0.25) is 5.15 Å². The molecule has 2 aromatic rings. The molecule has 0 saturated heterocycles. The van der Waals surface area contributed by atoms with E-state index < -0.39 is 11.7 Å². The summed E-state index contributed by atoms with van der Waals surface area (Å²) < 4.78 is 39.3. The topological polar surface area (TPSA) is 43.6 Å². The van der Waals surface area contributed by atoms with Gasteiger partial charge in [0.1, 0.15) is 16.5 Å². The van der Waals surface area contributed by atoms with Crippen molar-refractivity contribution in [3.8, 4) is 0 Å². The highest BCUT2D eigenvalue weighted by Gasteiger charge is 2.31. The van der Waals surface area contributed by atoms with E-state index in [4.69, 9.17) is 11.6 Å². The second-order valence-corrected chi connectivity index (χ2v) is 4.72. The van der Waals surface area contributed by atoms with Crippen molar-refractivity contribution in [3.05, 3.63) is 29.2 Å². The van der Waals surface area contributed by atoms with Crippen molar-refractivity contribution >= 4 is 23.4 Å². The summed E-state index contributed by atoms with van der Waals surface area (Å²) in [6.07, 6.45) is -3.01. The van der Waals surface area contributed by atoms with Gasteiger partial charge in [-0.15, -0.1) is 10.2 Å². The molecule has 0 amide bonds. The van der Waals surface area contributed by atoms with Crippen LogP contribution in [-0.4, -0.2) is 19.7 Å². The third kappa shape index (κ3) is 2.94. The molecule has 9 heteroatoms. The van der Waals surface area contributed by atoms with Crippen molar-refractivity contribution in [2.24, 2.45) is 7.05 Å². The minimum absolute atomic E-state index is 0.117. The maximum atomic E-state index is 12.6. The van der Waals surface area contributed by atoms with Gasteiger partial charge in [-0.2, -0.15) is 13.2 Å². The fourth-order valence-electron chi connectivity index (χ4n) is 1.15. The first kappa shape index (κ1) is 13.2. The van der Waals surface area contributed by atoms with Crippen molar-refractivity contribution in [3.63, 3.8) is 0 Å². The van der Waals surface area contributed by atoms with Crippen LogP contribution < -0.4 is 0 Å². The summed E-state index contributed by atoms with van der Waals surface area (Å²) in [6.45, 7) is 0. The van der Waals surface area contributed by atoms with Gasteiger partial charge in [-0.1, -0.05) is 11.6 Å². The molecular weight excluding hydrogens is 289 g/mol. The zero-order chi connectivity index (χ0) is 13.3. The second kappa shape index (κ2) is 4.77. The van der Waals surface area contributed by atoms with Crippen molar-refractivity contribution in [1.82, 2.24) is 19.7 Å². The molecule has 0 fully saturated rings. The molecule has 0 aliphatic carbocycles. The summed E-state index contributed by atoms with van der Waals surface area (Å²) >= 11 is 6.53. The first-order valence-electron chi connectivity index (χ1n) is 4.63. The average molecular weight is 295 g/mol. The van der Waals surface area contributed by atoms with E-state index in [1.165, 1.54) is 6.33 Å². The monoisotopic (exact) mass is 294 g/mol. The Morgan fingerprint density at radius 3 is 2.61 bits per heavy atom. The lowest BCUT2D eigenvalue weighted by molar-refractivity contribution is -0.137. The Kier molecular flexibility index (Phi) is 3.49. The molecule has 0 aliphatic heterocycles. The highest BCUT2D eigenvalue weighted by Crippen LogP contribution is 2.34. The van der Waals surface area contributed by atoms with Gasteiger partial charge in [-0.25, -0.2) is 4.98 Å². The molecule has 0 saturated carbocycles. The highest BCUT2D eigenvalue weighted by atomic mass is 35.5. The smallest absolute Gasteiger partial charge is 0.311 e. The number of nitrogens with zero attached hydrogens (tertiary/aromatic N) is 4. The van der Waals surface area contributed by atoms with E-state index >= 15 is 0 Å². The zero-order valence-electron chi connectivity index (χ0n) is 8.94. The molecule has 0 aromatic carbocycles. The van der Waals surface area contributed by atoms with Gasteiger partial charge in [0.15, 0.2) is 5.16 Å². The first-order valence-corrected chi connectivity index (χ1v) is 5.82. The average Bonchev–Trinajstić information content (AvgIpc) is 2.62. The van der Waals surface area contributed by atoms with E-state index in [1.807, 2.05) is 0 Å². The summed E-state index contributed by atoms with van der Waals surface area (Å²) in [5, 5.41) is 7.70. The molecule has 18 heavy (non-hydrogen) atoms. The third-order valence-corrected chi connectivity index (χ3v) is 3.13. The minimum atomic E-state index is -4.46. The van der Waals surface area contributed by atoms with Gasteiger partial charge in [-0.3, -0.25) is 0 Å². The summed E-state index contributed by atoms with van der Waals surface area (Å²) in [4.78, 5) is 3.81. The van der Waals surface area contributed by atoms with E-state index in [-0.39, 0.29) is 10.2 Å². The Morgan fingerprint density at radius 1 is 1.33 bits per heavy atom. The standard InChI is InChI=1S/C9H6ClF3N4S/c1-17-4-14-16-8(17)18-7-3-5(9(11,12)13)2-6(10)15-7/h2-4H,1H3. The Labute approximate surface area is 109 Å². The van der Waals surface area contributed by atoms with Crippen LogP contribution in [0.4, 0.5) is 13.2 Å². The van der Waals surface area contributed by atoms with E-state index in [1.54, 1.807) is 11.6 Å². The van der Waals surface area contributed by atoms with E-state index in [0.29, 0.717) is 5.16 Å². The SMILES string of the molecule is Cn1cnnc1Sc1cc(C(F)(F)F)cc(Cl)n1. The van der Waals surface area contributed by atoms with E-state index in [9.17, 15) is 13.2 Å². The van der Waals surface area contributed by atoms with Crippen molar-refractivity contribution in [2.75, 3.05) is 0 Å². The predicted molar refractivity (Wildman–Crippen MR) is 59.4 cm³/mol. The number of pyridine rings is 1. The van der Waals surface area contributed by atoms with Gasteiger partial charge in [0.25, 0.3) is 0 Å². The van der Waals surface area contributed by atoms with Crippen LogP contribution in [0.1, 0.15) is 5.56 Å². The van der Waals surface area contributed by atoms with Crippen LogP contribution in [0.15, 0.2) is 28.6 Å². The van der Waals surface area contributed by atoms with Crippen molar-refractivity contribution < 1.29 is 13.2 Å². The zero-order valence-corrected chi connectivity index (χ0v) is 10.5. The normalized spacial score (nSPS) is 11.8. The Balaban J connectivity index is 2.35. The molecular formula is C9H6ClF3N4S. The van der Waals surface area contributed by atoms with Crippen LogP contribution in [0.3, 0.4) is 0 Å². The molecule has 2 heterocycles. The number of halogens is 4. The Hall–Kier alpha value is -1.28. The molecule has 2 rings (SSSR count). The molecule has 0 radical (unpaired) electrons. The first-order chi connectivity index (χ1) is 8.36. The third-order valence-electron chi connectivity index (χ3n) is 1.96. The van der Waals surface area contributed by atoms with Crippen LogP contribution >= 0.6 is 23.4 Å². The molecule has 0 aliphatic rings. The molecule has 0 N–H and O–H groups in total. The lowest BCUT2D eigenvalue weighted by atomic mass is 10.3. The minimum Gasteiger partial charge on any atom is -0.311 e. The maximum Gasteiger partial charge on any atom is 0.416 e. The van der Waals surface area contributed by atoms with Crippen LogP contribution in [0, 0.1) is 0 Å². The summed E-state index contributed by atoms with van der Waals surface area (Å²) in [5.41, 5.74) is -0.841. The van der Waals surface area contributed by atoms with Gasteiger partial charge in [0, 0.05) is 7.05 Å². The molecule has 4 nitrogen and oxygen atoms in total. The lowest BCUT2D eigenvalue weighted by Gasteiger charge is -2.08. The Bertz CT molecular complexity index is 569. The number of alkyl halides is 3. The summed E-state index contributed by atoms with van der Waals surface area (Å²) in [6, 6.07) is 1.70. The van der Waals surface area contributed by atoms with Crippen LogP contribution in [0.25, 0.3) is 0 Å². The predicted octanol–water partition coefficient (Wildman–Crippen LogP) is 3.03. The van der Waals surface area contributed by atoms with Crippen molar-refractivity contribution in [2.45, 2.75) is 16.4 Å². The van der Waals surface area contributed by atoms with Gasteiger partial charge in [-0.05, 0) is 23.9 Å². The largest absolute Gasteiger partial charge is 0.416 e. The van der Waals surface area contributed by atoms with E-state index in [2.05, 4.69) is 15.2 Å². The quantitative estimate of drug-likeness (QED) is 0.799. The number of hydrogen-bond donors (Lipinski definition) is 0. The number of hydrogen-bond acceptors (Lipinski definition) is 4. The van der Waals surface area contributed by atoms with Crippen LogP contribution in [0.5, 0.6) is 0 Å². The second-order valence-electron chi connectivity index (χ2n) is 3.34. The summed E-state index contributed by atoms with van der Waals surface area (Å²) in [5.74, 6) is 0.